The lowest BCUT2D eigenvalue weighted by Gasteiger charge is -2.26. The standard InChI is InChI=1S/C27H29N3O5/c1-4-35-21-11-10-20(16-22(21)34-3)24-23(25(31)19-8-6-18(2)7-9-19)26(32)27(33)30(24)14-5-13-29-15-12-28-17-29/h6-12,15-17,24H,4-5,13-14H2,1-3H3,(H,31,32)/p+1. The number of ether oxygens (including phenoxy) is 2. The maximum Gasteiger partial charge on any atom is 0.295 e. The Morgan fingerprint density at radius 2 is 1.91 bits per heavy atom. The summed E-state index contributed by atoms with van der Waals surface area (Å²) >= 11 is 0. The predicted molar refractivity (Wildman–Crippen MR) is 130 cm³/mol. The fraction of sp³-hybridized carbons (Fsp3) is 0.296. The lowest BCUT2D eigenvalue weighted by molar-refractivity contribution is -0.695. The molecular formula is C27H30N3O5+. The molecule has 3 aromatic rings. The third-order valence-electron chi connectivity index (χ3n) is 6.09. The molecule has 1 fully saturated rings. The summed E-state index contributed by atoms with van der Waals surface area (Å²) in [5, 5.41) is 11.2. The quantitative estimate of drug-likeness (QED) is 0.213. The monoisotopic (exact) mass is 476 g/mol. The molecule has 0 bridgehead atoms. The van der Waals surface area contributed by atoms with Crippen LogP contribution in [0.3, 0.4) is 0 Å². The number of aromatic nitrogens is 2. The molecule has 2 N–H and O–H groups in total. The largest absolute Gasteiger partial charge is 0.507 e. The van der Waals surface area contributed by atoms with E-state index in [1.54, 1.807) is 37.4 Å². The van der Waals surface area contributed by atoms with E-state index in [4.69, 9.17) is 9.47 Å². The number of aromatic amines is 1. The SMILES string of the molecule is CCOc1ccc(C2/C(=C(\O)c3ccc(C)cc3)C(=O)C(=O)N2CCC[n+]2cc[nH]c2)cc1OC. The van der Waals surface area contributed by atoms with Gasteiger partial charge in [0.2, 0.25) is 6.33 Å². The van der Waals surface area contributed by atoms with Crippen LogP contribution >= 0.6 is 0 Å². The minimum Gasteiger partial charge on any atom is -0.507 e. The number of Topliss-reactive ketones (excluding diaryl/α,β-unsaturated/α-hetero) is 1. The fourth-order valence-corrected chi connectivity index (χ4v) is 4.34. The van der Waals surface area contributed by atoms with E-state index in [-0.39, 0.29) is 11.3 Å². The molecule has 4 rings (SSSR count). The van der Waals surface area contributed by atoms with E-state index in [0.29, 0.717) is 48.7 Å². The van der Waals surface area contributed by atoms with E-state index in [0.717, 1.165) is 5.56 Å². The van der Waals surface area contributed by atoms with Crippen molar-refractivity contribution in [3.63, 3.8) is 0 Å². The number of imidazole rings is 1. The molecule has 8 nitrogen and oxygen atoms in total. The Morgan fingerprint density at radius 1 is 1.14 bits per heavy atom. The van der Waals surface area contributed by atoms with Crippen molar-refractivity contribution in [3.8, 4) is 11.5 Å². The minimum absolute atomic E-state index is 0.0689. The van der Waals surface area contributed by atoms with Crippen LogP contribution in [0, 0.1) is 6.92 Å². The molecular weight excluding hydrogens is 446 g/mol. The Bertz CT molecular complexity index is 1230. The Kier molecular flexibility index (Phi) is 7.19. The molecule has 1 saturated heterocycles. The molecule has 0 aliphatic carbocycles. The lowest BCUT2D eigenvalue weighted by Crippen LogP contribution is -2.36. The second-order valence-corrected chi connectivity index (χ2v) is 8.40. The molecule has 1 atom stereocenters. The fourth-order valence-electron chi connectivity index (χ4n) is 4.34. The van der Waals surface area contributed by atoms with Gasteiger partial charge < -0.3 is 19.5 Å². The molecule has 1 aromatic heterocycles. The van der Waals surface area contributed by atoms with Gasteiger partial charge >= 0.3 is 0 Å². The summed E-state index contributed by atoms with van der Waals surface area (Å²) < 4.78 is 13.1. The van der Waals surface area contributed by atoms with Gasteiger partial charge in [0.15, 0.2) is 11.5 Å². The van der Waals surface area contributed by atoms with Crippen molar-refractivity contribution in [2.75, 3.05) is 20.3 Å². The molecule has 0 spiro atoms. The molecule has 182 valence electrons. The van der Waals surface area contributed by atoms with Crippen molar-refractivity contribution in [3.05, 3.63) is 83.4 Å². The second-order valence-electron chi connectivity index (χ2n) is 8.40. The van der Waals surface area contributed by atoms with Crippen LogP contribution in [-0.4, -0.2) is 46.9 Å². The van der Waals surface area contributed by atoms with Gasteiger partial charge in [0.1, 0.15) is 18.2 Å². The molecule has 2 heterocycles. The molecule has 1 amide bonds. The molecule has 0 radical (unpaired) electrons. The van der Waals surface area contributed by atoms with Crippen LogP contribution in [0.25, 0.3) is 5.76 Å². The number of benzene rings is 2. The predicted octanol–water partition coefficient (Wildman–Crippen LogP) is 3.53. The van der Waals surface area contributed by atoms with Crippen molar-refractivity contribution in [2.45, 2.75) is 32.9 Å². The van der Waals surface area contributed by atoms with Crippen LogP contribution in [0.1, 0.15) is 36.1 Å². The summed E-state index contributed by atoms with van der Waals surface area (Å²) in [7, 11) is 1.54. The summed E-state index contributed by atoms with van der Waals surface area (Å²) in [4.78, 5) is 30.9. The number of hydrogen-bond donors (Lipinski definition) is 2. The van der Waals surface area contributed by atoms with Crippen LogP contribution in [0.5, 0.6) is 11.5 Å². The van der Waals surface area contributed by atoms with Crippen LogP contribution in [-0.2, 0) is 16.1 Å². The highest BCUT2D eigenvalue weighted by Crippen LogP contribution is 2.42. The third-order valence-corrected chi connectivity index (χ3v) is 6.09. The van der Waals surface area contributed by atoms with Crippen molar-refractivity contribution in [1.82, 2.24) is 9.88 Å². The van der Waals surface area contributed by atoms with Gasteiger partial charge in [-0.15, -0.1) is 0 Å². The van der Waals surface area contributed by atoms with Gasteiger partial charge in [0.25, 0.3) is 11.7 Å². The first kappa shape index (κ1) is 24.1. The number of rotatable bonds is 9. The first-order chi connectivity index (χ1) is 16.9. The zero-order valence-corrected chi connectivity index (χ0v) is 20.2. The van der Waals surface area contributed by atoms with E-state index in [2.05, 4.69) is 4.98 Å². The van der Waals surface area contributed by atoms with Crippen molar-refractivity contribution >= 4 is 17.4 Å². The van der Waals surface area contributed by atoms with E-state index < -0.39 is 17.7 Å². The van der Waals surface area contributed by atoms with Gasteiger partial charge in [-0.1, -0.05) is 35.9 Å². The number of aryl methyl sites for hydroxylation is 2. The van der Waals surface area contributed by atoms with Crippen LogP contribution in [0.2, 0.25) is 0 Å². The number of aliphatic hydroxyl groups is 1. The summed E-state index contributed by atoms with van der Waals surface area (Å²) in [5.41, 5.74) is 2.24. The highest BCUT2D eigenvalue weighted by atomic mass is 16.5. The van der Waals surface area contributed by atoms with Gasteiger partial charge in [0.05, 0.1) is 31.9 Å². The third kappa shape index (κ3) is 4.91. The molecule has 35 heavy (non-hydrogen) atoms. The van der Waals surface area contributed by atoms with Gasteiger partial charge in [-0.05, 0) is 31.5 Å². The number of carbonyl (C=O) groups is 2. The lowest BCUT2D eigenvalue weighted by atomic mass is 9.94. The number of methoxy groups -OCH3 is 1. The molecule has 8 heteroatoms. The average Bonchev–Trinajstić information content (AvgIpc) is 3.47. The van der Waals surface area contributed by atoms with Crippen molar-refractivity contribution in [2.24, 2.45) is 0 Å². The normalized spacial score (nSPS) is 17.1. The summed E-state index contributed by atoms with van der Waals surface area (Å²) in [5.74, 6) is -0.458. The Balaban J connectivity index is 1.77. The highest BCUT2D eigenvalue weighted by molar-refractivity contribution is 6.46. The maximum atomic E-state index is 13.2. The zero-order chi connectivity index (χ0) is 24.9. The number of amides is 1. The molecule has 0 saturated carbocycles. The average molecular weight is 477 g/mol. The molecule has 1 unspecified atom stereocenters. The van der Waals surface area contributed by atoms with Crippen molar-refractivity contribution in [1.29, 1.82) is 0 Å². The molecule has 2 aromatic carbocycles. The summed E-state index contributed by atoms with van der Waals surface area (Å²) in [6, 6.07) is 11.8. The smallest absolute Gasteiger partial charge is 0.295 e. The Labute approximate surface area is 204 Å². The second kappa shape index (κ2) is 10.5. The number of carbonyl (C=O) groups excluding carboxylic acids is 2. The van der Waals surface area contributed by atoms with E-state index in [9.17, 15) is 14.7 Å². The van der Waals surface area contributed by atoms with Gasteiger partial charge in [-0.3, -0.25) is 14.6 Å². The van der Waals surface area contributed by atoms with Gasteiger partial charge in [-0.25, -0.2) is 4.57 Å². The molecule has 1 aliphatic heterocycles. The van der Waals surface area contributed by atoms with Crippen molar-refractivity contribution < 1.29 is 28.7 Å². The van der Waals surface area contributed by atoms with Crippen LogP contribution < -0.4 is 14.0 Å². The van der Waals surface area contributed by atoms with E-state index in [1.165, 1.54) is 4.90 Å². The number of nitrogens with zero attached hydrogens (tertiary/aromatic N) is 2. The van der Waals surface area contributed by atoms with Gasteiger partial charge in [0, 0.05) is 18.5 Å². The Morgan fingerprint density at radius 3 is 2.57 bits per heavy atom. The number of ketones is 1. The van der Waals surface area contributed by atoms with E-state index >= 15 is 0 Å². The number of nitrogens with one attached hydrogen (secondary N) is 1. The first-order valence-corrected chi connectivity index (χ1v) is 11.6. The maximum absolute atomic E-state index is 13.2. The topological polar surface area (TPSA) is 95.7 Å². The summed E-state index contributed by atoms with van der Waals surface area (Å²) in [6.07, 6.45) is 6.19. The van der Waals surface area contributed by atoms with Crippen LogP contribution in [0.4, 0.5) is 0 Å². The van der Waals surface area contributed by atoms with Gasteiger partial charge in [-0.2, -0.15) is 0 Å². The number of likely N-dealkylation sites (tertiary alicyclic amines) is 1. The minimum atomic E-state index is -0.753. The molecule has 1 aliphatic rings. The highest BCUT2D eigenvalue weighted by Gasteiger charge is 2.46. The number of aliphatic hydroxyl groups excluding tert-OH is 1. The van der Waals surface area contributed by atoms with E-state index in [1.807, 2.05) is 49.3 Å². The zero-order valence-electron chi connectivity index (χ0n) is 20.2. The van der Waals surface area contributed by atoms with Crippen LogP contribution in [0.15, 0.2) is 66.8 Å². The Hall–Kier alpha value is -4.07. The number of hydrogen-bond acceptors (Lipinski definition) is 5. The number of H-pyrrole nitrogens is 1. The first-order valence-electron chi connectivity index (χ1n) is 11.6. The summed E-state index contributed by atoms with van der Waals surface area (Å²) in [6.45, 7) is 5.31.